The third kappa shape index (κ3) is 5.09. The first-order valence-electron chi connectivity index (χ1n) is 10.5. The molecule has 0 fully saturated rings. The molecule has 0 saturated carbocycles. The van der Waals surface area contributed by atoms with Crippen LogP contribution in [0.3, 0.4) is 0 Å². The Morgan fingerprint density at radius 3 is 2.16 bits per heavy atom. The predicted octanol–water partition coefficient (Wildman–Crippen LogP) is 3.29. The quantitative estimate of drug-likeness (QED) is 0.526. The van der Waals surface area contributed by atoms with E-state index in [2.05, 4.69) is 16.6 Å². The summed E-state index contributed by atoms with van der Waals surface area (Å²) in [6.07, 6.45) is 5.23. The molecule has 32 heavy (non-hydrogen) atoms. The summed E-state index contributed by atoms with van der Waals surface area (Å²) >= 11 is 0. The maximum atomic E-state index is 12.5. The molecule has 1 unspecified atom stereocenters. The lowest BCUT2D eigenvalue weighted by Gasteiger charge is -2.21. The van der Waals surface area contributed by atoms with Crippen LogP contribution >= 0.6 is 0 Å². The Balaban J connectivity index is 1.64. The van der Waals surface area contributed by atoms with E-state index in [9.17, 15) is 19.5 Å². The summed E-state index contributed by atoms with van der Waals surface area (Å²) in [6, 6.07) is 13.9. The molecule has 7 nitrogen and oxygen atoms in total. The van der Waals surface area contributed by atoms with Crippen molar-refractivity contribution in [2.24, 2.45) is 0 Å². The average Bonchev–Trinajstić information content (AvgIpc) is 3.10. The van der Waals surface area contributed by atoms with E-state index >= 15 is 0 Å². The van der Waals surface area contributed by atoms with Crippen molar-refractivity contribution in [3.8, 4) is 23.5 Å². The normalized spacial score (nSPS) is 13.8. The molecule has 3 N–H and O–H groups in total. The maximum absolute atomic E-state index is 12.5. The number of nitrogens with one attached hydrogen (secondary N) is 2. The van der Waals surface area contributed by atoms with E-state index in [1.807, 2.05) is 55.5 Å². The molecule has 2 aromatic rings. The summed E-state index contributed by atoms with van der Waals surface area (Å²) in [5.41, 5.74) is 4.41. The minimum Gasteiger partial charge on any atom is -0.480 e. The molecular weight excluding hydrogens is 408 g/mol. The fraction of sp³-hybridized carbons (Fsp3) is 0.320. The SMILES string of the molecule is C#CCC(NC(=O)[C@H](CCC)NC(=O)OCC1c2ccccc2-c2ccccc21)C(=O)O. The second kappa shape index (κ2) is 10.5. The first kappa shape index (κ1) is 22.9. The zero-order chi connectivity index (χ0) is 23.1. The minimum atomic E-state index is -1.23. The highest BCUT2D eigenvalue weighted by molar-refractivity contribution is 5.89. The van der Waals surface area contributed by atoms with Gasteiger partial charge in [0.2, 0.25) is 5.91 Å². The number of fused-ring (bicyclic) bond motifs is 3. The van der Waals surface area contributed by atoms with Gasteiger partial charge < -0.3 is 20.5 Å². The fourth-order valence-corrected chi connectivity index (χ4v) is 3.93. The lowest BCUT2D eigenvalue weighted by molar-refractivity contribution is -0.141. The lowest BCUT2D eigenvalue weighted by atomic mass is 9.98. The Morgan fingerprint density at radius 2 is 1.62 bits per heavy atom. The first-order valence-corrected chi connectivity index (χ1v) is 10.5. The number of hydrogen-bond acceptors (Lipinski definition) is 4. The van der Waals surface area contributed by atoms with Gasteiger partial charge in [-0.1, -0.05) is 61.9 Å². The Morgan fingerprint density at radius 1 is 1.03 bits per heavy atom. The zero-order valence-electron chi connectivity index (χ0n) is 17.8. The van der Waals surface area contributed by atoms with Crippen molar-refractivity contribution < 1.29 is 24.2 Å². The van der Waals surface area contributed by atoms with Gasteiger partial charge in [0.05, 0.1) is 0 Å². The van der Waals surface area contributed by atoms with E-state index in [-0.39, 0.29) is 18.9 Å². The molecule has 0 radical (unpaired) electrons. The molecular formula is C25H26N2O5. The van der Waals surface area contributed by atoms with Crippen LogP contribution in [0.1, 0.15) is 43.2 Å². The van der Waals surface area contributed by atoms with E-state index in [0.29, 0.717) is 12.8 Å². The van der Waals surface area contributed by atoms with Gasteiger partial charge in [-0.2, -0.15) is 0 Å². The topological polar surface area (TPSA) is 105 Å². The molecule has 166 valence electrons. The van der Waals surface area contributed by atoms with Crippen LogP contribution < -0.4 is 10.6 Å². The van der Waals surface area contributed by atoms with Crippen LogP contribution in [0.5, 0.6) is 0 Å². The number of carboxylic acids is 1. The van der Waals surface area contributed by atoms with Crippen molar-refractivity contribution in [3.63, 3.8) is 0 Å². The van der Waals surface area contributed by atoms with Crippen LogP contribution in [0.4, 0.5) is 4.79 Å². The number of rotatable bonds is 9. The standard InChI is InChI=1S/C25H26N2O5/c1-3-9-21(23(28)26-22(10-4-2)24(29)30)27-25(31)32-15-20-18-13-7-5-11-16(18)17-12-6-8-14-19(17)20/h2,5-8,11-14,20-22H,3,9-10,15H2,1H3,(H,26,28)(H,27,31)(H,29,30)/t21-,22?/m0/s1. The van der Waals surface area contributed by atoms with E-state index in [1.54, 1.807) is 0 Å². The van der Waals surface area contributed by atoms with Crippen molar-refractivity contribution in [1.82, 2.24) is 10.6 Å². The van der Waals surface area contributed by atoms with Crippen LogP contribution in [0.25, 0.3) is 11.1 Å². The van der Waals surface area contributed by atoms with E-state index in [0.717, 1.165) is 22.3 Å². The first-order chi connectivity index (χ1) is 15.5. The van der Waals surface area contributed by atoms with Crippen molar-refractivity contribution >= 4 is 18.0 Å². The number of carboxylic acid groups (broad SMARTS) is 1. The van der Waals surface area contributed by atoms with Gasteiger partial charge in [0, 0.05) is 12.3 Å². The fourth-order valence-electron chi connectivity index (χ4n) is 3.93. The molecule has 0 saturated heterocycles. The summed E-state index contributed by atoms with van der Waals surface area (Å²) in [7, 11) is 0. The highest BCUT2D eigenvalue weighted by Crippen LogP contribution is 2.44. The van der Waals surface area contributed by atoms with Crippen LogP contribution in [-0.2, 0) is 14.3 Å². The monoisotopic (exact) mass is 434 g/mol. The third-order valence-corrected chi connectivity index (χ3v) is 5.47. The minimum absolute atomic E-state index is 0.0985. The summed E-state index contributed by atoms with van der Waals surface area (Å²) in [4.78, 5) is 36.3. The second-order valence-corrected chi connectivity index (χ2v) is 7.62. The van der Waals surface area contributed by atoms with E-state index < -0.39 is 30.1 Å². The van der Waals surface area contributed by atoms with Crippen LogP contribution in [0, 0.1) is 12.3 Å². The van der Waals surface area contributed by atoms with E-state index in [1.165, 1.54) is 0 Å². The highest BCUT2D eigenvalue weighted by Gasteiger charge is 2.30. The van der Waals surface area contributed by atoms with Gasteiger partial charge in [-0.15, -0.1) is 12.3 Å². The Hall–Kier alpha value is -3.79. The molecule has 0 aromatic heterocycles. The molecule has 0 aliphatic heterocycles. The summed E-state index contributed by atoms with van der Waals surface area (Å²) in [5, 5.41) is 14.1. The van der Waals surface area contributed by atoms with E-state index in [4.69, 9.17) is 11.2 Å². The number of carbonyl (C=O) groups is 3. The maximum Gasteiger partial charge on any atom is 0.407 e. The predicted molar refractivity (Wildman–Crippen MR) is 120 cm³/mol. The average molecular weight is 434 g/mol. The van der Waals surface area contributed by atoms with Crippen molar-refractivity contribution in [2.75, 3.05) is 6.61 Å². The molecule has 3 rings (SSSR count). The molecule has 0 heterocycles. The van der Waals surface area contributed by atoms with Gasteiger partial charge >= 0.3 is 12.1 Å². The van der Waals surface area contributed by atoms with Gasteiger partial charge in [0.25, 0.3) is 0 Å². The number of alkyl carbamates (subject to hydrolysis) is 1. The Kier molecular flexibility index (Phi) is 7.50. The number of benzene rings is 2. The summed E-state index contributed by atoms with van der Waals surface area (Å²) in [5.74, 6) is 0.291. The number of carbonyl (C=O) groups excluding carboxylic acids is 2. The van der Waals surface area contributed by atoms with Crippen molar-refractivity contribution in [3.05, 3.63) is 59.7 Å². The second-order valence-electron chi connectivity index (χ2n) is 7.62. The van der Waals surface area contributed by atoms with Gasteiger partial charge in [0.15, 0.2) is 0 Å². The largest absolute Gasteiger partial charge is 0.480 e. The molecule has 2 aromatic carbocycles. The third-order valence-electron chi connectivity index (χ3n) is 5.47. The zero-order valence-corrected chi connectivity index (χ0v) is 17.8. The summed E-state index contributed by atoms with van der Waals surface area (Å²) in [6.45, 7) is 1.98. The Bertz CT molecular complexity index is 997. The van der Waals surface area contributed by atoms with Gasteiger partial charge in [-0.05, 0) is 28.7 Å². The number of aliphatic carboxylic acids is 1. The van der Waals surface area contributed by atoms with Crippen LogP contribution in [0.2, 0.25) is 0 Å². The smallest absolute Gasteiger partial charge is 0.407 e. The molecule has 1 aliphatic rings. The molecule has 2 amide bonds. The number of hydrogen-bond donors (Lipinski definition) is 3. The molecule has 0 bridgehead atoms. The van der Waals surface area contributed by atoms with Crippen molar-refractivity contribution in [2.45, 2.75) is 44.2 Å². The highest BCUT2D eigenvalue weighted by atomic mass is 16.5. The lowest BCUT2D eigenvalue weighted by Crippen LogP contribution is -2.51. The number of amides is 2. The summed E-state index contributed by atoms with van der Waals surface area (Å²) < 4.78 is 5.49. The van der Waals surface area contributed by atoms with Crippen LogP contribution in [-0.4, -0.2) is 41.8 Å². The number of terminal acetylenes is 1. The van der Waals surface area contributed by atoms with Crippen molar-refractivity contribution in [1.29, 1.82) is 0 Å². The molecule has 7 heteroatoms. The molecule has 2 atom stereocenters. The van der Waals surface area contributed by atoms with Gasteiger partial charge in [-0.25, -0.2) is 9.59 Å². The molecule has 1 aliphatic carbocycles. The van der Waals surface area contributed by atoms with Gasteiger partial charge in [0.1, 0.15) is 18.7 Å². The van der Waals surface area contributed by atoms with Gasteiger partial charge in [-0.3, -0.25) is 4.79 Å². The number of ether oxygens (including phenoxy) is 1. The van der Waals surface area contributed by atoms with Crippen LogP contribution in [0.15, 0.2) is 48.5 Å². The Labute approximate surface area is 187 Å². The molecule has 0 spiro atoms.